The van der Waals surface area contributed by atoms with E-state index in [2.05, 4.69) is 40.2 Å². The van der Waals surface area contributed by atoms with E-state index in [1.165, 1.54) is 17.9 Å². The summed E-state index contributed by atoms with van der Waals surface area (Å²) >= 11 is 2.63. The Kier molecular flexibility index (Phi) is 3.97. The van der Waals surface area contributed by atoms with Gasteiger partial charge in [-0.3, -0.25) is 0 Å². The average molecular weight is 308 g/mol. The second-order valence-corrected chi connectivity index (χ2v) is 23.5. The standard InChI is InChI=1S/C3H6AsIS2/c5-4-6-2-1-3-7-4/h1-3H2. The van der Waals surface area contributed by atoms with Gasteiger partial charge in [0.1, 0.15) is 0 Å². The topological polar surface area (TPSA) is 0 Å². The Balaban J connectivity index is 2.12. The Morgan fingerprint density at radius 3 is 2.14 bits per heavy atom. The summed E-state index contributed by atoms with van der Waals surface area (Å²) in [6, 6.07) is 0. The molecular weight excluding hydrogens is 302 g/mol. The summed E-state index contributed by atoms with van der Waals surface area (Å²) in [5, 5.41) is 0. The normalized spacial score (nSPS) is 25.3. The van der Waals surface area contributed by atoms with E-state index in [9.17, 15) is 0 Å². The summed E-state index contributed by atoms with van der Waals surface area (Å²) in [4.78, 5) is 0. The van der Waals surface area contributed by atoms with Crippen molar-refractivity contribution in [3.63, 3.8) is 0 Å². The molecule has 42 valence electrons. The van der Waals surface area contributed by atoms with Crippen molar-refractivity contribution in [2.75, 3.05) is 11.5 Å². The molecule has 0 aromatic carbocycles. The maximum absolute atomic E-state index is 2.63. The van der Waals surface area contributed by atoms with Crippen LogP contribution in [0.25, 0.3) is 0 Å². The van der Waals surface area contributed by atoms with Crippen LogP contribution in [0.4, 0.5) is 0 Å². The molecule has 0 amide bonds. The Bertz CT molecular complexity index is 54.9. The van der Waals surface area contributed by atoms with Gasteiger partial charge < -0.3 is 0 Å². The van der Waals surface area contributed by atoms with Crippen LogP contribution in [0.15, 0.2) is 0 Å². The third-order valence-electron chi connectivity index (χ3n) is 0.674. The predicted molar refractivity (Wildman–Crippen MR) is 49.3 cm³/mol. The Hall–Kier alpha value is 1.99. The van der Waals surface area contributed by atoms with E-state index in [1.807, 2.05) is 0 Å². The van der Waals surface area contributed by atoms with Gasteiger partial charge in [0.2, 0.25) is 0 Å². The molecule has 7 heavy (non-hydrogen) atoms. The fourth-order valence-electron chi connectivity index (χ4n) is 0.369. The van der Waals surface area contributed by atoms with Crippen molar-refractivity contribution in [1.82, 2.24) is 0 Å². The molecule has 0 unspecified atom stereocenters. The van der Waals surface area contributed by atoms with Gasteiger partial charge in [0.25, 0.3) is 0 Å². The van der Waals surface area contributed by atoms with Crippen LogP contribution >= 0.6 is 40.2 Å². The van der Waals surface area contributed by atoms with Crippen LogP contribution in [-0.2, 0) is 0 Å². The van der Waals surface area contributed by atoms with Crippen molar-refractivity contribution in [3.05, 3.63) is 0 Å². The van der Waals surface area contributed by atoms with E-state index >= 15 is 0 Å². The monoisotopic (exact) mass is 308 g/mol. The number of halogens is 1. The molecule has 0 aromatic rings. The molecule has 1 fully saturated rings. The average Bonchev–Trinajstić information content (AvgIpc) is 1.69. The van der Waals surface area contributed by atoms with Crippen molar-refractivity contribution in [2.45, 2.75) is 6.42 Å². The fourth-order valence-corrected chi connectivity index (χ4v) is 15.0. The van der Waals surface area contributed by atoms with Gasteiger partial charge in [0.05, 0.1) is 0 Å². The van der Waals surface area contributed by atoms with Gasteiger partial charge in [-0.1, -0.05) is 0 Å². The van der Waals surface area contributed by atoms with E-state index in [0.29, 0.717) is 0 Å². The van der Waals surface area contributed by atoms with Crippen molar-refractivity contribution < 1.29 is 0 Å². The van der Waals surface area contributed by atoms with Crippen molar-refractivity contribution >= 4 is 49.2 Å². The number of hydrogen-bond acceptors (Lipinski definition) is 2. The SMILES string of the molecule is I[As]1SCCCS1. The van der Waals surface area contributed by atoms with E-state index in [0.717, 1.165) is 0 Å². The zero-order valence-electron chi connectivity index (χ0n) is 3.76. The quantitative estimate of drug-likeness (QED) is 0.497. The Labute approximate surface area is 66.3 Å². The molecule has 0 aromatic heterocycles. The van der Waals surface area contributed by atoms with E-state index in [1.54, 1.807) is 0 Å². The van der Waals surface area contributed by atoms with Gasteiger partial charge in [-0.05, 0) is 0 Å². The third-order valence-corrected chi connectivity index (χ3v) is 18.8. The van der Waals surface area contributed by atoms with Gasteiger partial charge in [-0.15, -0.1) is 0 Å². The molecule has 1 aliphatic heterocycles. The first kappa shape index (κ1) is 7.10. The molecule has 0 aliphatic carbocycles. The van der Waals surface area contributed by atoms with E-state index in [-0.39, 0.29) is 8.99 Å². The minimum absolute atomic E-state index is 0.348. The first-order valence-electron chi connectivity index (χ1n) is 2.11. The van der Waals surface area contributed by atoms with Crippen LogP contribution in [0.1, 0.15) is 6.42 Å². The number of hydrogen-bond donors (Lipinski definition) is 0. The Morgan fingerprint density at radius 1 is 1.29 bits per heavy atom. The summed E-state index contributed by atoms with van der Waals surface area (Å²) in [5.74, 6) is 2.88. The van der Waals surface area contributed by atoms with Crippen LogP contribution < -0.4 is 0 Å². The summed E-state index contributed by atoms with van der Waals surface area (Å²) < 4.78 is 0. The van der Waals surface area contributed by atoms with Crippen LogP contribution in [0.5, 0.6) is 0 Å². The summed E-state index contributed by atoms with van der Waals surface area (Å²) in [7, 11) is 4.08. The molecule has 0 radical (unpaired) electrons. The molecule has 0 atom stereocenters. The minimum atomic E-state index is -0.348. The van der Waals surface area contributed by atoms with Crippen molar-refractivity contribution in [3.8, 4) is 0 Å². The van der Waals surface area contributed by atoms with Crippen LogP contribution in [-0.4, -0.2) is 20.5 Å². The summed E-state index contributed by atoms with van der Waals surface area (Å²) in [6.07, 6.45) is 1.45. The molecule has 0 bridgehead atoms. The molecule has 1 saturated heterocycles. The molecule has 1 heterocycles. The van der Waals surface area contributed by atoms with Crippen molar-refractivity contribution in [2.24, 2.45) is 0 Å². The van der Waals surface area contributed by atoms with E-state index in [4.69, 9.17) is 0 Å². The Morgan fingerprint density at radius 2 is 1.86 bits per heavy atom. The van der Waals surface area contributed by atoms with Crippen molar-refractivity contribution in [1.29, 1.82) is 0 Å². The first-order valence-corrected chi connectivity index (χ1v) is 14.3. The zero-order valence-corrected chi connectivity index (χ0v) is 9.43. The molecular formula is C3H6AsIS2. The second-order valence-electron chi connectivity index (χ2n) is 1.23. The predicted octanol–water partition coefficient (Wildman–Crippen LogP) is 2.28. The van der Waals surface area contributed by atoms with Gasteiger partial charge >= 0.3 is 67.1 Å². The van der Waals surface area contributed by atoms with Crippen LogP contribution in [0, 0.1) is 0 Å². The summed E-state index contributed by atoms with van der Waals surface area (Å²) in [6.45, 7) is 0. The van der Waals surface area contributed by atoms with Crippen LogP contribution in [0.2, 0.25) is 0 Å². The maximum atomic E-state index is 2.63. The second kappa shape index (κ2) is 3.91. The van der Waals surface area contributed by atoms with Gasteiger partial charge in [0, 0.05) is 0 Å². The molecule has 1 aliphatic rings. The fraction of sp³-hybridized carbons (Fsp3) is 1.00. The molecule has 0 nitrogen and oxygen atoms in total. The first-order chi connectivity index (χ1) is 3.39. The van der Waals surface area contributed by atoms with Gasteiger partial charge in [-0.2, -0.15) is 0 Å². The summed E-state index contributed by atoms with van der Waals surface area (Å²) in [5.41, 5.74) is 0. The molecule has 0 saturated carbocycles. The third kappa shape index (κ3) is 2.87. The zero-order chi connectivity index (χ0) is 5.11. The van der Waals surface area contributed by atoms with Gasteiger partial charge in [-0.25, -0.2) is 0 Å². The molecule has 0 spiro atoms. The molecule has 0 N–H and O–H groups in total. The molecule has 1 rings (SSSR count). The van der Waals surface area contributed by atoms with Gasteiger partial charge in [0.15, 0.2) is 0 Å². The molecule has 4 heteroatoms. The van der Waals surface area contributed by atoms with Crippen LogP contribution in [0.3, 0.4) is 0 Å². The number of rotatable bonds is 0. The van der Waals surface area contributed by atoms with E-state index < -0.39 is 0 Å².